The summed E-state index contributed by atoms with van der Waals surface area (Å²) in [5.41, 5.74) is 1.23. The Hall–Kier alpha value is -0.870. The molecule has 2 fully saturated rings. The van der Waals surface area contributed by atoms with Crippen molar-refractivity contribution in [1.29, 1.82) is 0 Å². The lowest BCUT2D eigenvalue weighted by Gasteiger charge is -2.39. The van der Waals surface area contributed by atoms with E-state index in [1.54, 1.807) is 0 Å². The van der Waals surface area contributed by atoms with E-state index in [9.17, 15) is 4.79 Å². The summed E-state index contributed by atoms with van der Waals surface area (Å²) in [5, 5.41) is 3.64. The van der Waals surface area contributed by atoms with E-state index >= 15 is 0 Å². The molecule has 2 unspecified atom stereocenters. The van der Waals surface area contributed by atoms with Gasteiger partial charge in [0, 0.05) is 24.8 Å². The van der Waals surface area contributed by atoms with E-state index in [1.165, 1.54) is 44.2 Å². The quantitative estimate of drug-likeness (QED) is 0.862. The van der Waals surface area contributed by atoms with E-state index < -0.39 is 0 Å². The van der Waals surface area contributed by atoms with Crippen LogP contribution in [0.3, 0.4) is 0 Å². The predicted octanol–water partition coefficient (Wildman–Crippen LogP) is 2.12. The second-order valence-electron chi connectivity index (χ2n) is 6.78. The van der Waals surface area contributed by atoms with Gasteiger partial charge in [0.05, 0.1) is 6.54 Å². The van der Waals surface area contributed by atoms with Crippen LogP contribution in [0, 0.1) is 0 Å². The van der Waals surface area contributed by atoms with Crippen LogP contribution in [-0.2, 0) is 4.79 Å². The van der Waals surface area contributed by atoms with Crippen molar-refractivity contribution in [3.05, 3.63) is 11.8 Å². The Labute approximate surface area is 128 Å². The summed E-state index contributed by atoms with van der Waals surface area (Å²) in [4.78, 5) is 16.9. The summed E-state index contributed by atoms with van der Waals surface area (Å²) >= 11 is 0. The summed E-state index contributed by atoms with van der Waals surface area (Å²) in [6, 6.07) is 1.17. The van der Waals surface area contributed by atoms with Crippen LogP contribution in [-0.4, -0.2) is 54.5 Å². The number of nitrogens with one attached hydrogen (secondary N) is 1. The molecule has 0 aromatic heterocycles. The Kier molecular flexibility index (Phi) is 4.96. The van der Waals surface area contributed by atoms with Crippen LogP contribution in [0.25, 0.3) is 0 Å². The lowest BCUT2D eigenvalue weighted by atomic mass is 9.94. The van der Waals surface area contributed by atoms with Crippen LogP contribution in [0.4, 0.5) is 0 Å². The molecule has 21 heavy (non-hydrogen) atoms. The number of carbonyl (C=O) groups is 1. The maximum atomic E-state index is 12.6. The summed E-state index contributed by atoms with van der Waals surface area (Å²) < 4.78 is 0. The molecule has 2 aliphatic heterocycles. The smallest absolute Gasteiger partial charge is 0.240 e. The van der Waals surface area contributed by atoms with Crippen LogP contribution < -0.4 is 5.32 Å². The molecule has 4 nitrogen and oxygen atoms in total. The summed E-state index contributed by atoms with van der Waals surface area (Å²) in [5.74, 6) is 0.271. The predicted molar refractivity (Wildman–Crippen MR) is 84.9 cm³/mol. The molecule has 0 bridgehead atoms. The topological polar surface area (TPSA) is 35.6 Å². The molecule has 0 saturated carbocycles. The van der Waals surface area contributed by atoms with Gasteiger partial charge in [-0.2, -0.15) is 0 Å². The lowest BCUT2D eigenvalue weighted by Crippen LogP contribution is -2.53. The van der Waals surface area contributed by atoms with Gasteiger partial charge in [0.2, 0.25) is 5.91 Å². The fourth-order valence-corrected chi connectivity index (χ4v) is 4.11. The van der Waals surface area contributed by atoms with Gasteiger partial charge in [-0.05, 0) is 58.0 Å². The minimum absolute atomic E-state index is 0.271. The Morgan fingerprint density at radius 2 is 2.24 bits per heavy atom. The third-order valence-corrected chi connectivity index (χ3v) is 5.39. The first-order valence-electron chi connectivity index (χ1n) is 8.69. The highest BCUT2D eigenvalue weighted by atomic mass is 16.2. The minimum Gasteiger partial charge on any atom is -0.318 e. The van der Waals surface area contributed by atoms with Gasteiger partial charge in [-0.1, -0.05) is 12.5 Å². The molecule has 0 aromatic rings. The van der Waals surface area contributed by atoms with Crippen LogP contribution in [0.2, 0.25) is 0 Å². The van der Waals surface area contributed by atoms with Gasteiger partial charge in [0.15, 0.2) is 0 Å². The second kappa shape index (κ2) is 6.93. The molecule has 1 amide bonds. The SMILES string of the molecule is CN(C(=O)CN1CCCCC1C1CCCN1)C1=CCCC1. The number of carbonyl (C=O) groups excluding carboxylic acids is 1. The van der Waals surface area contributed by atoms with Gasteiger partial charge in [0.1, 0.15) is 0 Å². The van der Waals surface area contributed by atoms with Crippen molar-refractivity contribution in [2.24, 2.45) is 0 Å². The largest absolute Gasteiger partial charge is 0.318 e. The highest BCUT2D eigenvalue weighted by Gasteiger charge is 2.33. The molecular formula is C17H29N3O. The van der Waals surface area contributed by atoms with Crippen molar-refractivity contribution in [2.45, 2.75) is 63.5 Å². The molecule has 1 aliphatic carbocycles. The summed E-state index contributed by atoms with van der Waals surface area (Å²) in [6.45, 7) is 2.83. The van der Waals surface area contributed by atoms with Crippen molar-refractivity contribution in [3.8, 4) is 0 Å². The molecule has 0 aromatic carbocycles. The molecule has 0 radical (unpaired) electrons. The fraction of sp³-hybridized carbons (Fsp3) is 0.824. The number of rotatable bonds is 4. The lowest BCUT2D eigenvalue weighted by molar-refractivity contribution is -0.130. The minimum atomic E-state index is 0.271. The highest BCUT2D eigenvalue weighted by Crippen LogP contribution is 2.25. The maximum absolute atomic E-state index is 12.6. The van der Waals surface area contributed by atoms with E-state index in [1.807, 2.05) is 11.9 Å². The number of allylic oxidation sites excluding steroid dienone is 2. The van der Waals surface area contributed by atoms with E-state index in [0.717, 1.165) is 25.9 Å². The molecule has 118 valence electrons. The van der Waals surface area contributed by atoms with Crippen LogP contribution in [0.1, 0.15) is 51.4 Å². The molecule has 3 aliphatic rings. The van der Waals surface area contributed by atoms with Crippen molar-refractivity contribution in [3.63, 3.8) is 0 Å². The fourth-order valence-electron chi connectivity index (χ4n) is 4.11. The molecule has 2 atom stereocenters. The first-order valence-corrected chi connectivity index (χ1v) is 8.69. The van der Waals surface area contributed by atoms with Crippen LogP contribution in [0.15, 0.2) is 11.8 Å². The van der Waals surface area contributed by atoms with E-state index in [2.05, 4.69) is 16.3 Å². The summed E-state index contributed by atoms with van der Waals surface area (Å²) in [6.07, 6.45) is 12.0. The van der Waals surface area contributed by atoms with E-state index in [-0.39, 0.29) is 5.91 Å². The summed E-state index contributed by atoms with van der Waals surface area (Å²) in [7, 11) is 1.95. The second-order valence-corrected chi connectivity index (χ2v) is 6.78. The van der Waals surface area contributed by atoms with Crippen LogP contribution >= 0.6 is 0 Å². The number of amides is 1. The Balaban J connectivity index is 1.59. The highest BCUT2D eigenvalue weighted by molar-refractivity contribution is 5.79. The molecule has 3 rings (SSSR count). The van der Waals surface area contributed by atoms with Crippen molar-refractivity contribution in [2.75, 3.05) is 26.7 Å². The zero-order valence-corrected chi connectivity index (χ0v) is 13.3. The number of likely N-dealkylation sites (tertiary alicyclic amines) is 1. The van der Waals surface area contributed by atoms with Gasteiger partial charge in [-0.3, -0.25) is 9.69 Å². The molecule has 4 heteroatoms. The third kappa shape index (κ3) is 3.49. The van der Waals surface area contributed by atoms with Gasteiger partial charge in [-0.15, -0.1) is 0 Å². The van der Waals surface area contributed by atoms with Gasteiger partial charge >= 0.3 is 0 Å². The van der Waals surface area contributed by atoms with E-state index in [4.69, 9.17) is 0 Å². The Morgan fingerprint density at radius 3 is 2.95 bits per heavy atom. The first kappa shape index (κ1) is 15.0. The number of likely N-dealkylation sites (N-methyl/N-ethyl adjacent to an activating group) is 1. The zero-order valence-electron chi connectivity index (χ0n) is 13.3. The molecule has 1 N–H and O–H groups in total. The number of piperidine rings is 1. The molecule has 2 heterocycles. The zero-order chi connectivity index (χ0) is 14.7. The Morgan fingerprint density at radius 1 is 1.33 bits per heavy atom. The first-order chi connectivity index (χ1) is 10.3. The van der Waals surface area contributed by atoms with E-state index in [0.29, 0.717) is 18.6 Å². The maximum Gasteiger partial charge on any atom is 0.240 e. The van der Waals surface area contributed by atoms with Crippen molar-refractivity contribution in [1.82, 2.24) is 15.1 Å². The molecular weight excluding hydrogens is 262 g/mol. The number of nitrogens with zero attached hydrogens (tertiary/aromatic N) is 2. The van der Waals surface area contributed by atoms with Gasteiger partial charge in [-0.25, -0.2) is 0 Å². The number of hydrogen-bond acceptors (Lipinski definition) is 3. The average molecular weight is 291 g/mol. The van der Waals surface area contributed by atoms with Crippen molar-refractivity contribution >= 4 is 5.91 Å². The van der Waals surface area contributed by atoms with Crippen molar-refractivity contribution < 1.29 is 4.79 Å². The molecule has 2 saturated heterocycles. The normalized spacial score (nSPS) is 30.4. The van der Waals surface area contributed by atoms with Gasteiger partial charge in [0.25, 0.3) is 0 Å². The van der Waals surface area contributed by atoms with Crippen LogP contribution in [0.5, 0.6) is 0 Å². The third-order valence-electron chi connectivity index (χ3n) is 5.39. The van der Waals surface area contributed by atoms with Gasteiger partial charge < -0.3 is 10.2 Å². The number of hydrogen-bond donors (Lipinski definition) is 1. The average Bonchev–Trinajstić information content (AvgIpc) is 3.20. The monoisotopic (exact) mass is 291 g/mol. The standard InChI is InChI=1S/C17H29N3O/c1-19(14-7-2-3-8-14)17(21)13-20-12-5-4-10-16(20)15-9-6-11-18-15/h7,15-16,18H,2-6,8-13H2,1H3. The molecule has 0 spiro atoms. The Bertz CT molecular complexity index is 401.